The molecule has 0 saturated heterocycles. The van der Waals surface area contributed by atoms with E-state index in [-0.39, 0.29) is 10.8 Å². The van der Waals surface area contributed by atoms with Crippen LogP contribution in [0.2, 0.25) is 0 Å². The molecule has 0 spiro atoms. The Hall–Kier alpha value is -17.2. The number of para-hydroxylation sites is 4. The number of rotatable bonds is 14. The molecular formula is C133H96N4. The van der Waals surface area contributed by atoms with Crippen LogP contribution in [0.5, 0.6) is 0 Å². The quantitative estimate of drug-likeness (QED) is 0.101. The normalized spacial score (nSPS) is 12.3. The minimum Gasteiger partial charge on any atom is -0.310 e. The first kappa shape index (κ1) is 81.8. The fourth-order valence-corrected chi connectivity index (χ4v) is 22.4. The van der Waals surface area contributed by atoms with Crippen LogP contribution in [0.3, 0.4) is 0 Å². The van der Waals surface area contributed by atoms with E-state index in [1.807, 2.05) is 0 Å². The number of anilines is 6. The van der Waals surface area contributed by atoms with Crippen LogP contribution in [0.4, 0.5) is 34.1 Å². The molecule has 0 amide bonds. The topological polar surface area (TPSA) is 16.3 Å². The van der Waals surface area contributed by atoms with Gasteiger partial charge in [0.25, 0.3) is 0 Å². The van der Waals surface area contributed by atoms with Crippen LogP contribution in [0, 0.1) is 0 Å². The lowest BCUT2D eigenvalue weighted by molar-refractivity contribution is 0.590. The Labute approximate surface area is 798 Å². The summed E-state index contributed by atoms with van der Waals surface area (Å²) in [6, 6.07) is 181. The zero-order valence-electron chi connectivity index (χ0n) is 77.1. The van der Waals surface area contributed by atoms with Crippen molar-refractivity contribution >= 4 is 142 Å². The molecule has 0 saturated carbocycles. The van der Waals surface area contributed by atoms with Crippen LogP contribution in [-0.2, 0) is 10.8 Å². The third kappa shape index (κ3) is 14.0. The van der Waals surface area contributed by atoms with Gasteiger partial charge >= 0.3 is 0 Å². The van der Waals surface area contributed by atoms with Gasteiger partial charge < -0.3 is 18.9 Å². The molecule has 137 heavy (non-hydrogen) atoms. The molecule has 25 aromatic rings. The van der Waals surface area contributed by atoms with Crippen LogP contribution in [0.1, 0.15) is 51.3 Å². The highest BCUT2D eigenvalue weighted by Crippen LogP contribution is 2.54. The Morgan fingerprint density at radius 1 is 0.190 bits per heavy atom. The second-order valence-corrected chi connectivity index (χ2v) is 38.1. The summed E-state index contributed by atoms with van der Waals surface area (Å²) in [5.74, 6) is 0. The smallest absolute Gasteiger partial charge is 0.0542 e. The minimum absolute atomic E-state index is 0.0880. The summed E-state index contributed by atoms with van der Waals surface area (Å²) in [5, 5.41) is 19.9. The fourth-order valence-electron chi connectivity index (χ4n) is 22.4. The van der Waals surface area contributed by atoms with Crippen molar-refractivity contribution in [1.29, 1.82) is 0 Å². The van der Waals surface area contributed by atoms with E-state index in [0.717, 1.165) is 45.5 Å². The highest BCUT2D eigenvalue weighted by molar-refractivity contribution is 6.24. The first-order chi connectivity index (χ1) is 67.4. The number of hydrogen-bond acceptors (Lipinski definition) is 2. The van der Waals surface area contributed by atoms with E-state index in [4.69, 9.17) is 0 Å². The van der Waals surface area contributed by atoms with Gasteiger partial charge in [-0.3, -0.25) is 0 Å². The van der Waals surface area contributed by atoms with Gasteiger partial charge in [0.05, 0.1) is 22.1 Å². The second-order valence-electron chi connectivity index (χ2n) is 38.1. The molecule has 0 aliphatic heterocycles. The minimum atomic E-state index is -0.0886. The summed E-state index contributed by atoms with van der Waals surface area (Å²) < 4.78 is 4.77. The van der Waals surface area contributed by atoms with Crippen LogP contribution in [0.15, 0.2) is 491 Å². The highest BCUT2D eigenvalue weighted by atomic mass is 15.1. The molecule has 648 valence electrons. The molecule has 1 aliphatic rings. The second kappa shape index (κ2) is 33.2. The Balaban J connectivity index is 0.000000146. The summed E-state index contributed by atoms with van der Waals surface area (Å²) in [6.45, 7) is 11.6. The molecule has 2 heterocycles. The summed E-state index contributed by atoms with van der Waals surface area (Å²) in [4.78, 5) is 4.82. The lowest BCUT2D eigenvalue weighted by atomic mass is 9.80. The molecule has 0 unspecified atom stereocenters. The maximum Gasteiger partial charge on any atom is 0.0542 e. The average Bonchev–Trinajstić information content (AvgIpc) is 1.69. The summed E-state index contributed by atoms with van der Waals surface area (Å²) in [6.07, 6.45) is 0. The van der Waals surface area contributed by atoms with E-state index in [0.29, 0.717) is 0 Å². The van der Waals surface area contributed by atoms with E-state index < -0.39 is 0 Å². The van der Waals surface area contributed by atoms with Crippen molar-refractivity contribution < 1.29 is 0 Å². The first-order valence-electron chi connectivity index (χ1n) is 47.8. The van der Waals surface area contributed by atoms with E-state index in [2.05, 4.69) is 545 Å². The van der Waals surface area contributed by atoms with Gasteiger partial charge in [0.2, 0.25) is 0 Å². The molecule has 0 bridgehead atoms. The predicted octanol–water partition coefficient (Wildman–Crippen LogP) is 37.0. The number of fused-ring (bicyclic) bond motifs is 15. The Morgan fingerprint density at radius 3 is 0.854 bits per heavy atom. The average molecular weight is 1750 g/mol. The molecule has 0 N–H and O–H groups in total. The fraction of sp³-hybridized carbons (Fsp3) is 0.0526. The molecule has 4 nitrogen and oxygen atoms in total. The first-order valence-corrected chi connectivity index (χ1v) is 47.8. The summed E-state index contributed by atoms with van der Waals surface area (Å²) >= 11 is 0. The van der Waals surface area contributed by atoms with E-state index in [9.17, 15) is 0 Å². The van der Waals surface area contributed by atoms with Crippen molar-refractivity contribution in [3.8, 4) is 89.3 Å². The maximum atomic E-state index is 2.47. The molecule has 26 rings (SSSR count). The van der Waals surface area contributed by atoms with Gasteiger partial charge in [-0.2, -0.15) is 0 Å². The van der Waals surface area contributed by atoms with Crippen LogP contribution < -0.4 is 9.80 Å². The van der Waals surface area contributed by atoms with Crippen molar-refractivity contribution in [3.05, 3.63) is 508 Å². The third-order valence-electron chi connectivity index (χ3n) is 28.9. The monoisotopic (exact) mass is 1750 g/mol. The van der Waals surface area contributed by atoms with E-state index in [1.54, 1.807) is 0 Å². The van der Waals surface area contributed by atoms with Crippen LogP contribution >= 0.6 is 0 Å². The third-order valence-corrected chi connectivity index (χ3v) is 28.9. The molecule has 2 aromatic heterocycles. The Bertz CT molecular complexity index is 8920. The number of hydrogen-bond donors (Lipinski definition) is 0. The predicted molar refractivity (Wildman–Crippen MR) is 585 cm³/mol. The standard InChI is InChI=1S/C69H48N2.C64H48N2/c1-69(2)63-29-14-12-22-55(63)56-41-35-48(43-64(56)69)68-60-26-10-8-24-58(60)67(59-25-9-11-27-61(59)68)47-33-38-51(39-34-47)70(50-36-31-46(32-37-50)54-28-16-18-45-17-6-7-21-53(45)54)52-40-42-66-62(44-52)57-23-13-15-30-65(57)71(66)49-19-4-3-5-20-49;1-64(2,3)47-34-28-45(29-35-47)62-55-22-9-11-24-57(55)63(58-25-12-10-23-56(58)62)46-32-38-50(39-33-46)65(49-36-30-44(31-37-49)53-26-15-17-43-16-7-8-20-52(43)53)51-40-41-61-59(42-51)54-21-13-14-27-60(54)66(61)48-18-5-4-6-19-48/h3-44H,1-2H3;4-42H,1-3H3. The van der Waals surface area contributed by atoms with Crippen molar-refractivity contribution in [3.63, 3.8) is 0 Å². The molecule has 23 aromatic carbocycles. The van der Waals surface area contributed by atoms with Gasteiger partial charge in [-0.1, -0.05) is 399 Å². The Kier molecular flexibility index (Phi) is 19.8. The Morgan fingerprint density at radius 2 is 0.467 bits per heavy atom. The van der Waals surface area contributed by atoms with Gasteiger partial charge in [-0.25, -0.2) is 0 Å². The van der Waals surface area contributed by atoms with Gasteiger partial charge in [0.15, 0.2) is 0 Å². The van der Waals surface area contributed by atoms with Crippen molar-refractivity contribution in [2.45, 2.75) is 45.4 Å². The van der Waals surface area contributed by atoms with E-state index >= 15 is 0 Å². The van der Waals surface area contributed by atoms with Crippen LogP contribution in [0.25, 0.3) is 198 Å². The summed E-state index contributed by atoms with van der Waals surface area (Å²) in [5.41, 5.74) is 35.2. The molecule has 0 radical (unpaired) electrons. The summed E-state index contributed by atoms with van der Waals surface area (Å²) in [7, 11) is 0. The van der Waals surface area contributed by atoms with Gasteiger partial charge in [-0.05, 0) is 292 Å². The SMILES string of the molecule is CC(C)(C)c1ccc(-c2c3ccccc3c(-c3ccc(N(c4ccc(-c5cccc6ccccc56)cc4)c4ccc5c(c4)c4ccccc4n5-c4ccccc4)cc3)c3ccccc23)cc1.CC1(C)c2ccccc2-c2ccc(-c3c4ccccc4c(-c4ccc(N(c5ccc(-c6cccc7ccccc67)cc5)c5ccc6c(c5)c5ccccc5n6-c5ccccc5)cc4)c4ccccc34)cc21. The van der Waals surface area contributed by atoms with Gasteiger partial charge in [-0.15, -0.1) is 0 Å². The van der Waals surface area contributed by atoms with Gasteiger partial charge in [0, 0.05) is 72.5 Å². The molecular weight excluding hydrogens is 1650 g/mol. The highest BCUT2D eigenvalue weighted by Gasteiger charge is 2.36. The van der Waals surface area contributed by atoms with Crippen molar-refractivity contribution in [1.82, 2.24) is 9.13 Å². The molecule has 1 aliphatic carbocycles. The molecule has 4 heteroatoms. The lowest BCUT2D eigenvalue weighted by Gasteiger charge is -2.26. The molecule has 0 atom stereocenters. The zero-order chi connectivity index (χ0) is 91.6. The van der Waals surface area contributed by atoms with E-state index in [1.165, 1.54) is 203 Å². The number of nitrogens with zero attached hydrogens (tertiary/aromatic N) is 4. The number of aromatic nitrogens is 2. The maximum absolute atomic E-state index is 2.47. The van der Waals surface area contributed by atoms with Crippen molar-refractivity contribution in [2.75, 3.05) is 9.80 Å². The lowest BCUT2D eigenvalue weighted by Crippen LogP contribution is -2.14. The number of benzene rings is 23. The molecule has 0 fully saturated rings. The van der Waals surface area contributed by atoms with Crippen LogP contribution in [-0.4, -0.2) is 9.13 Å². The zero-order valence-corrected chi connectivity index (χ0v) is 77.1. The van der Waals surface area contributed by atoms with Crippen molar-refractivity contribution in [2.24, 2.45) is 0 Å². The largest absolute Gasteiger partial charge is 0.310 e. The van der Waals surface area contributed by atoms with Gasteiger partial charge in [0.1, 0.15) is 0 Å².